The Hall–Kier alpha value is -10.6. The summed E-state index contributed by atoms with van der Waals surface area (Å²) < 4.78 is 10.4. The Morgan fingerprint density at radius 3 is 0.914 bits per heavy atom. The molecule has 1 N–H and O–H groups in total. The van der Waals surface area contributed by atoms with Crippen molar-refractivity contribution < 1.29 is 0 Å². The molecule has 0 unspecified atom stereocenters. The van der Waals surface area contributed by atoms with Gasteiger partial charge in [-0.05, 0) is 182 Å². The van der Waals surface area contributed by atoms with Crippen molar-refractivity contribution in [2.24, 2.45) is 0 Å². The van der Waals surface area contributed by atoms with Gasteiger partial charge in [0.1, 0.15) is 0 Å². The number of thiophene rings is 4. The first kappa shape index (κ1) is 57.6. The smallest absolute Gasteiger partial charge is 0.0476 e. The van der Waals surface area contributed by atoms with Crippen molar-refractivity contribution in [3.63, 3.8) is 0 Å². The second kappa shape index (κ2) is 25.6. The molecule has 0 spiro atoms. The highest BCUT2D eigenvalue weighted by Gasteiger charge is 2.20. The van der Waals surface area contributed by atoms with Crippen LogP contribution < -0.4 is 20.0 Å². The predicted molar refractivity (Wildman–Crippen MR) is 410 cm³/mol. The van der Waals surface area contributed by atoms with Crippen LogP contribution in [-0.4, -0.2) is 0 Å². The van der Waals surface area contributed by atoms with Crippen LogP contribution in [0.1, 0.15) is 0 Å². The number of benzene rings is 14. The highest BCUT2D eigenvalue weighted by atomic mass is 35.5. The maximum absolute atomic E-state index is 6.19. The van der Waals surface area contributed by atoms with Crippen molar-refractivity contribution in [2.45, 2.75) is 0 Å². The first-order chi connectivity index (χ1) is 46.0. The van der Waals surface area contributed by atoms with Crippen LogP contribution in [0.4, 0.5) is 62.6 Å². The topological polar surface area (TPSA) is 21.8 Å². The number of nitrogens with one attached hydrogen (secondary N) is 1. The van der Waals surface area contributed by atoms with Crippen LogP contribution in [0.15, 0.2) is 340 Å². The van der Waals surface area contributed by atoms with E-state index in [2.05, 4.69) is 317 Å². The van der Waals surface area contributed by atoms with E-state index in [-0.39, 0.29) is 0 Å². The van der Waals surface area contributed by atoms with Crippen molar-refractivity contribution >= 4 is 200 Å². The number of halogens is 1. The maximum Gasteiger partial charge on any atom is 0.0476 e. The summed E-state index contributed by atoms with van der Waals surface area (Å²) in [6, 6.07) is 121. The Balaban J connectivity index is 0.000000123. The normalized spacial score (nSPS) is 11.3. The average molecular weight is 1290 g/mol. The maximum atomic E-state index is 6.19. The van der Waals surface area contributed by atoms with E-state index in [9.17, 15) is 0 Å². The van der Waals surface area contributed by atoms with Crippen LogP contribution >= 0.6 is 56.9 Å². The van der Waals surface area contributed by atoms with E-state index in [1.165, 1.54) is 80.7 Å². The first-order valence-electron chi connectivity index (χ1n) is 30.9. The Morgan fingerprint density at radius 2 is 0.484 bits per heavy atom. The van der Waals surface area contributed by atoms with Crippen molar-refractivity contribution in [3.05, 3.63) is 345 Å². The molecule has 0 aliphatic rings. The van der Waals surface area contributed by atoms with Gasteiger partial charge in [-0.3, -0.25) is 0 Å². The van der Waals surface area contributed by atoms with Crippen LogP contribution in [0.2, 0.25) is 5.02 Å². The van der Waals surface area contributed by atoms with Gasteiger partial charge in [-0.15, -0.1) is 45.3 Å². The predicted octanol–water partition coefficient (Wildman–Crippen LogP) is 27.3. The quantitative estimate of drug-likeness (QED) is 0.139. The zero-order valence-electron chi connectivity index (χ0n) is 50.2. The zero-order valence-corrected chi connectivity index (χ0v) is 54.2. The number of fused-ring (bicyclic) bond motifs is 12. The number of para-hydroxylation sites is 6. The Morgan fingerprint density at radius 1 is 0.194 bits per heavy atom. The SMILES string of the molecule is Clc1ccc2c(c1)sc1ccc(N(c3ccccc3)c3ccccc3)cc12.c1ccc(N(c2ccc3c(c2)sc2ccc(N(c4ccccc4)c4ccccc4)cc23)c2ccc3sc4ccccc4c3c2)cc1.c1ccc(Nc2ccc3sc4ccccc4c3c2)cc1. The molecule has 444 valence electrons. The van der Waals surface area contributed by atoms with Crippen molar-refractivity contribution in [3.8, 4) is 0 Å². The minimum atomic E-state index is 0.782. The van der Waals surface area contributed by atoms with E-state index in [1.54, 1.807) is 11.3 Å². The molecule has 0 amide bonds. The standard InChI is InChI=1S/C42H28N2S2.C24H16ClNS.C18H13NS/c1-4-12-29(13-5-1)43(30-14-6-2-7-15-30)32-21-25-41-38(26-32)36-23-20-34(28-42(36)46-41)44(31-16-8-3-9-17-31)33-22-24-40-37(27-33)35-18-10-11-19-39(35)45-40;25-17-11-13-21-22-16-20(12-14-23(22)27-24(21)15-17)26(18-7-3-1-4-8-18)19-9-5-2-6-10-19;1-2-6-13(7-3-1)19-14-10-11-18-16(12-14)15-8-4-5-9-17(15)20-18/h1-28H;1-16H;1-12,19H. The summed E-state index contributed by atoms with van der Waals surface area (Å²) in [4.78, 5) is 7.01. The third-order valence-electron chi connectivity index (χ3n) is 16.8. The third-order valence-corrected chi connectivity index (χ3v) is 21.6. The lowest BCUT2D eigenvalue weighted by Gasteiger charge is -2.26. The van der Waals surface area contributed by atoms with E-state index in [0.29, 0.717) is 0 Å². The minimum Gasteiger partial charge on any atom is -0.356 e. The second-order valence-corrected chi connectivity index (χ2v) is 27.4. The minimum absolute atomic E-state index is 0.782. The van der Waals surface area contributed by atoms with Gasteiger partial charge < -0.3 is 20.0 Å². The molecule has 93 heavy (non-hydrogen) atoms. The summed E-state index contributed by atoms with van der Waals surface area (Å²) >= 11 is 13.5. The zero-order chi connectivity index (χ0) is 62.0. The molecule has 4 aromatic heterocycles. The number of hydrogen-bond donors (Lipinski definition) is 1. The van der Waals surface area contributed by atoms with E-state index in [4.69, 9.17) is 11.6 Å². The number of rotatable bonds is 11. The molecule has 14 aromatic carbocycles. The highest BCUT2D eigenvalue weighted by Crippen LogP contribution is 2.46. The number of nitrogens with zero attached hydrogens (tertiary/aromatic N) is 3. The summed E-state index contributed by atoms with van der Waals surface area (Å²) in [5.74, 6) is 0. The largest absolute Gasteiger partial charge is 0.356 e. The van der Waals surface area contributed by atoms with Gasteiger partial charge in [0, 0.05) is 148 Å². The van der Waals surface area contributed by atoms with Gasteiger partial charge in [0.2, 0.25) is 0 Å². The molecule has 4 nitrogen and oxygen atoms in total. The van der Waals surface area contributed by atoms with E-state index in [0.717, 1.165) is 67.6 Å². The van der Waals surface area contributed by atoms with E-state index < -0.39 is 0 Å². The van der Waals surface area contributed by atoms with Crippen molar-refractivity contribution in [1.82, 2.24) is 0 Å². The van der Waals surface area contributed by atoms with Crippen LogP contribution in [0.3, 0.4) is 0 Å². The molecule has 0 aliphatic heterocycles. The Bertz CT molecular complexity index is 5560. The van der Waals surface area contributed by atoms with Gasteiger partial charge >= 0.3 is 0 Å². The molecule has 0 saturated carbocycles. The second-order valence-electron chi connectivity index (χ2n) is 22.6. The fraction of sp³-hybridized carbons (Fsp3) is 0. The van der Waals surface area contributed by atoms with Gasteiger partial charge in [-0.25, -0.2) is 0 Å². The molecular formula is C84H57ClN4S4. The molecule has 4 heterocycles. The lowest BCUT2D eigenvalue weighted by Crippen LogP contribution is -2.09. The van der Waals surface area contributed by atoms with Gasteiger partial charge in [-0.2, -0.15) is 0 Å². The first-order valence-corrected chi connectivity index (χ1v) is 34.5. The van der Waals surface area contributed by atoms with Crippen LogP contribution in [0.5, 0.6) is 0 Å². The molecule has 0 aliphatic carbocycles. The fourth-order valence-electron chi connectivity index (χ4n) is 12.5. The van der Waals surface area contributed by atoms with Crippen LogP contribution in [0.25, 0.3) is 80.7 Å². The lowest BCUT2D eigenvalue weighted by atomic mass is 10.1. The third kappa shape index (κ3) is 11.7. The molecule has 0 fully saturated rings. The summed E-state index contributed by atoms with van der Waals surface area (Å²) in [7, 11) is 0. The van der Waals surface area contributed by atoms with Crippen LogP contribution in [-0.2, 0) is 0 Å². The van der Waals surface area contributed by atoms with Crippen molar-refractivity contribution in [1.29, 1.82) is 0 Å². The highest BCUT2D eigenvalue weighted by molar-refractivity contribution is 7.27. The van der Waals surface area contributed by atoms with Gasteiger partial charge in [0.15, 0.2) is 0 Å². The molecule has 0 atom stereocenters. The summed E-state index contributed by atoms with van der Waals surface area (Å²) in [5.41, 5.74) is 12.6. The molecule has 0 saturated heterocycles. The summed E-state index contributed by atoms with van der Waals surface area (Å²) in [6.45, 7) is 0. The molecule has 18 rings (SSSR count). The molecule has 0 bridgehead atoms. The van der Waals surface area contributed by atoms with Gasteiger partial charge in [-0.1, -0.05) is 169 Å². The molecule has 18 aromatic rings. The molecular weight excluding hydrogens is 1230 g/mol. The average Bonchev–Trinajstić information content (AvgIpc) is 1.73. The number of anilines is 11. The summed E-state index contributed by atoms with van der Waals surface area (Å²) in [5, 5.41) is 14.6. The summed E-state index contributed by atoms with van der Waals surface area (Å²) in [6.07, 6.45) is 0. The lowest BCUT2D eigenvalue weighted by molar-refractivity contribution is 1.29. The number of hydrogen-bond acceptors (Lipinski definition) is 8. The van der Waals surface area contributed by atoms with E-state index in [1.807, 2.05) is 76.5 Å². The monoisotopic (exact) mass is 1280 g/mol. The van der Waals surface area contributed by atoms with Gasteiger partial charge in [0.25, 0.3) is 0 Å². The molecule has 0 radical (unpaired) electrons. The van der Waals surface area contributed by atoms with Crippen LogP contribution in [0, 0.1) is 0 Å². The fourth-order valence-corrected chi connectivity index (χ4v) is 17.1. The van der Waals surface area contributed by atoms with E-state index >= 15 is 0 Å². The van der Waals surface area contributed by atoms with Crippen molar-refractivity contribution in [2.75, 3.05) is 20.0 Å². The Labute approximate surface area is 560 Å². The Kier molecular flexibility index (Phi) is 15.9. The van der Waals surface area contributed by atoms with Gasteiger partial charge in [0.05, 0.1) is 0 Å². The molecule has 9 heteroatoms.